The topological polar surface area (TPSA) is 79.3 Å². The van der Waals surface area contributed by atoms with E-state index in [2.05, 4.69) is 74.2 Å². The van der Waals surface area contributed by atoms with Gasteiger partial charge in [-0.15, -0.1) is 0 Å². The first-order valence-electron chi connectivity index (χ1n) is 22.2. The van der Waals surface area contributed by atoms with Crippen molar-refractivity contribution in [1.82, 2.24) is 4.98 Å². The molecule has 7 unspecified atom stereocenters. The van der Waals surface area contributed by atoms with Crippen molar-refractivity contribution < 1.29 is 27.5 Å². The van der Waals surface area contributed by atoms with E-state index >= 15 is 0 Å². The van der Waals surface area contributed by atoms with Gasteiger partial charge in [0.05, 0.1) is 18.3 Å². The highest BCUT2D eigenvalue weighted by Gasteiger charge is 2.37. The molecule has 9 atom stereocenters. The Morgan fingerprint density at radius 3 is 1.82 bits per heavy atom. The summed E-state index contributed by atoms with van der Waals surface area (Å²) in [6.07, 6.45) is 25.6. The van der Waals surface area contributed by atoms with Crippen molar-refractivity contribution in [3.8, 4) is 5.75 Å². The van der Waals surface area contributed by atoms with Gasteiger partial charge in [0.2, 0.25) is 0 Å². The van der Waals surface area contributed by atoms with E-state index in [9.17, 15) is 4.89 Å². The fraction of sp³-hybridized carbons (Fsp3) is 0.889. The van der Waals surface area contributed by atoms with Crippen LogP contribution in [-0.2, 0) is 24.7 Å². The largest absolute Gasteiger partial charge is 0.425 e. The van der Waals surface area contributed by atoms with Crippen molar-refractivity contribution in [2.45, 2.75) is 197 Å². The Hall–Kier alpha value is -0.0400. The van der Waals surface area contributed by atoms with Gasteiger partial charge in [0.25, 0.3) is 0 Å². The van der Waals surface area contributed by atoms with Gasteiger partial charge < -0.3 is 18.5 Å². The Balaban J connectivity index is 0.000000546. The monoisotopic (exact) mass is 830 g/mol. The standard InChI is InChI=1S/C30H51NO6P2.C10H20.C3H8.C2H6S/c1-21(2)27-15-14-24(5)19-30(27)37-39(35-26-12-7-10-23(4)18-26)36-29-13-8-16-31-28(29)20-33-38(32)34-25-11-6-9-22(3)17-25;1-8(2)10-6-4-9(3)5-7-10;2*1-3-2/h8,13,16,21-27,30,32H,6-7,9-12,14-15,17-20H2,1-5H3;8-10H,4-7H2,1-3H3;3H2,1-2H3;1-2H3/t22?,23?,24-,25?,26?,27?,30-,38?,39?;;;/m1.../s1. The molecule has 1 aromatic heterocycles. The lowest BCUT2D eigenvalue weighted by atomic mass is 9.75. The van der Waals surface area contributed by atoms with Gasteiger partial charge in [-0.25, -0.2) is 0 Å². The van der Waals surface area contributed by atoms with Gasteiger partial charge in [-0.05, 0) is 123 Å². The lowest BCUT2D eigenvalue weighted by molar-refractivity contribution is 0.0180. The summed E-state index contributed by atoms with van der Waals surface area (Å²) in [6, 6.07) is 3.75. The lowest BCUT2D eigenvalue weighted by Gasteiger charge is -2.38. The third kappa shape index (κ3) is 21.2. The molecule has 4 aliphatic carbocycles. The van der Waals surface area contributed by atoms with Gasteiger partial charge >= 0.3 is 17.2 Å². The van der Waals surface area contributed by atoms with E-state index in [1.807, 2.05) is 24.6 Å². The normalized spacial score (nSPS) is 30.8. The third-order valence-electron chi connectivity index (χ3n) is 11.8. The first kappa shape index (κ1) is 51.1. The lowest BCUT2D eigenvalue weighted by Crippen LogP contribution is -2.34. The minimum atomic E-state index is -1.98. The molecule has 0 bridgehead atoms. The molecule has 4 aliphatic rings. The Morgan fingerprint density at radius 1 is 0.727 bits per heavy atom. The third-order valence-corrected chi connectivity index (χ3v) is 13.9. The number of pyridine rings is 1. The molecular weight excluding hydrogens is 745 g/mol. The van der Waals surface area contributed by atoms with E-state index in [0.717, 1.165) is 56.3 Å². The van der Waals surface area contributed by atoms with E-state index in [4.69, 9.17) is 22.6 Å². The highest BCUT2D eigenvalue weighted by atomic mass is 32.2. The van der Waals surface area contributed by atoms with E-state index in [1.54, 1.807) is 18.0 Å². The summed E-state index contributed by atoms with van der Waals surface area (Å²) in [5.74, 6) is 6.51. The maximum Gasteiger partial charge on any atom is 0.397 e. The first-order valence-corrected chi connectivity index (χ1v) is 26.1. The highest BCUT2D eigenvalue weighted by Crippen LogP contribution is 2.50. The van der Waals surface area contributed by atoms with Crippen LogP contribution in [0.1, 0.15) is 178 Å². The molecule has 4 fully saturated rings. The fourth-order valence-corrected chi connectivity index (χ4v) is 10.5. The van der Waals surface area contributed by atoms with Crippen molar-refractivity contribution in [1.29, 1.82) is 0 Å². The zero-order valence-electron chi connectivity index (χ0n) is 37.3. The Bertz CT molecular complexity index is 1090. The van der Waals surface area contributed by atoms with E-state index < -0.39 is 17.2 Å². The number of nitrogens with zero attached hydrogens (tertiary/aromatic N) is 1. The zero-order chi connectivity index (χ0) is 40.8. The van der Waals surface area contributed by atoms with Crippen molar-refractivity contribution in [3.05, 3.63) is 24.0 Å². The summed E-state index contributed by atoms with van der Waals surface area (Å²) in [7, 11) is -3.60. The SMILES string of the molecule is CC1CCC(C(C)C)CC1.CC1CCCC(OP(O)OCc2ncccc2OP(OC2CCCC(C)C2)O[C@@H]2C[C@H](C)CCC2C(C)C)C1.CCC.CSC. The predicted molar refractivity (Wildman–Crippen MR) is 238 cm³/mol. The Morgan fingerprint density at radius 2 is 1.27 bits per heavy atom. The molecule has 4 saturated carbocycles. The average molecular weight is 830 g/mol. The predicted octanol–water partition coefficient (Wildman–Crippen LogP) is 15.0. The van der Waals surface area contributed by atoms with Crippen LogP contribution < -0.4 is 4.52 Å². The molecule has 7 nitrogen and oxygen atoms in total. The second kappa shape index (κ2) is 29.2. The molecule has 0 radical (unpaired) electrons. The van der Waals surface area contributed by atoms with Gasteiger partial charge in [-0.1, -0.05) is 121 Å². The van der Waals surface area contributed by atoms with Gasteiger partial charge in [0.1, 0.15) is 12.3 Å². The zero-order valence-corrected chi connectivity index (χ0v) is 39.9. The molecule has 0 aromatic carbocycles. The van der Waals surface area contributed by atoms with Crippen molar-refractivity contribution >= 4 is 29.0 Å². The maximum atomic E-state index is 10.5. The summed E-state index contributed by atoms with van der Waals surface area (Å²) in [4.78, 5) is 15.0. The summed E-state index contributed by atoms with van der Waals surface area (Å²) >= 11 is 1.75. The van der Waals surface area contributed by atoms with Gasteiger partial charge in [0, 0.05) is 6.20 Å². The summed E-state index contributed by atoms with van der Waals surface area (Å²) < 4.78 is 31.5. The molecular formula is C45H85NO6P2S. The number of rotatable bonds is 13. The quantitative estimate of drug-likeness (QED) is 0.197. The molecule has 1 aromatic rings. The van der Waals surface area contributed by atoms with Crippen molar-refractivity contribution in [2.24, 2.45) is 47.3 Å². The number of hydrogen-bond acceptors (Lipinski definition) is 8. The van der Waals surface area contributed by atoms with E-state index in [0.29, 0.717) is 41.0 Å². The molecule has 0 aliphatic heterocycles. The Kier molecular flexibility index (Phi) is 27.2. The fourth-order valence-electron chi connectivity index (χ4n) is 8.41. The van der Waals surface area contributed by atoms with Crippen LogP contribution in [0.25, 0.3) is 0 Å². The average Bonchev–Trinajstić information content (AvgIpc) is 3.12. The molecule has 1 N–H and O–H groups in total. The number of hydrogen-bond donors (Lipinski definition) is 1. The van der Waals surface area contributed by atoms with Crippen LogP contribution in [-0.4, -0.2) is 40.7 Å². The minimum Gasteiger partial charge on any atom is -0.425 e. The van der Waals surface area contributed by atoms with Crippen LogP contribution in [0, 0.1) is 47.3 Å². The van der Waals surface area contributed by atoms with Crippen LogP contribution >= 0.6 is 29.0 Å². The molecule has 10 heteroatoms. The summed E-state index contributed by atoms with van der Waals surface area (Å²) in [6.45, 7) is 22.9. The Labute approximate surface area is 346 Å². The van der Waals surface area contributed by atoms with E-state index in [-0.39, 0.29) is 24.9 Å². The van der Waals surface area contributed by atoms with Gasteiger partial charge in [0.15, 0.2) is 5.75 Å². The van der Waals surface area contributed by atoms with Crippen molar-refractivity contribution in [2.75, 3.05) is 12.5 Å². The van der Waals surface area contributed by atoms with Gasteiger partial charge in [-0.2, -0.15) is 11.8 Å². The molecule has 55 heavy (non-hydrogen) atoms. The second-order valence-electron chi connectivity index (χ2n) is 18.1. The number of thioether (sulfide) groups is 1. The molecule has 0 amide bonds. The van der Waals surface area contributed by atoms with Crippen LogP contribution in [0.5, 0.6) is 5.75 Å². The maximum absolute atomic E-state index is 10.5. The number of aromatic nitrogens is 1. The summed E-state index contributed by atoms with van der Waals surface area (Å²) in [5, 5.41) is 0. The molecule has 322 valence electrons. The minimum absolute atomic E-state index is 0.0589. The smallest absolute Gasteiger partial charge is 0.397 e. The van der Waals surface area contributed by atoms with Crippen LogP contribution in [0.3, 0.4) is 0 Å². The van der Waals surface area contributed by atoms with Crippen molar-refractivity contribution in [3.63, 3.8) is 0 Å². The molecule has 1 heterocycles. The van der Waals surface area contributed by atoms with Gasteiger partial charge in [-0.3, -0.25) is 14.0 Å². The van der Waals surface area contributed by atoms with Crippen LogP contribution in [0.4, 0.5) is 0 Å². The van der Waals surface area contributed by atoms with Crippen LogP contribution in [0.2, 0.25) is 0 Å². The first-order chi connectivity index (χ1) is 26.3. The molecule has 0 saturated heterocycles. The highest BCUT2D eigenvalue weighted by molar-refractivity contribution is 7.97. The van der Waals surface area contributed by atoms with Crippen LogP contribution in [0.15, 0.2) is 18.3 Å². The summed E-state index contributed by atoms with van der Waals surface area (Å²) in [5.41, 5.74) is 0.619. The second-order valence-corrected chi connectivity index (χ2v) is 20.9. The van der Waals surface area contributed by atoms with E-state index in [1.165, 1.54) is 64.2 Å². The molecule has 0 spiro atoms. The molecule has 5 rings (SSSR count).